The molecule has 35 heavy (non-hydrogen) atoms. The molecule has 0 saturated heterocycles. The first kappa shape index (κ1) is 25.9. The van der Waals surface area contributed by atoms with Crippen LogP contribution in [0.2, 0.25) is 0 Å². The van der Waals surface area contributed by atoms with Crippen LogP contribution in [0.15, 0.2) is 83.8 Å². The number of carbonyl (C=O) groups excluding carboxylic acids is 1. The van der Waals surface area contributed by atoms with Gasteiger partial charge in [0.25, 0.3) is 10.1 Å². The molecule has 0 aliphatic carbocycles. The van der Waals surface area contributed by atoms with Crippen molar-refractivity contribution in [3.05, 3.63) is 95.6 Å². The molecule has 0 saturated carbocycles. The normalized spacial score (nSPS) is 13.0. The Morgan fingerprint density at radius 1 is 0.943 bits per heavy atom. The van der Waals surface area contributed by atoms with E-state index in [0.29, 0.717) is 5.56 Å². The molecule has 0 radical (unpaired) electrons. The molecule has 2 N–H and O–H groups in total. The van der Waals surface area contributed by atoms with Crippen LogP contribution in [0, 0.1) is 12.8 Å². The van der Waals surface area contributed by atoms with Crippen LogP contribution in [0.5, 0.6) is 0 Å². The summed E-state index contributed by atoms with van der Waals surface area (Å²) < 4.78 is 36.7. The third-order valence-corrected chi connectivity index (χ3v) is 6.76. The Bertz CT molecular complexity index is 1260. The Hall–Kier alpha value is -3.69. The molecule has 3 aromatic carbocycles. The van der Waals surface area contributed by atoms with Crippen molar-refractivity contribution in [3.63, 3.8) is 0 Å². The van der Waals surface area contributed by atoms with E-state index >= 15 is 0 Å². The fourth-order valence-corrected chi connectivity index (χ4v) is 4.45. The van der Waals surface area contributed by atoms with Gasteiger partial charge in [0.1, 0.15) is 6.61 Å². The molecule has 0 fully saturated rings. The van der Waals surface area contributed by atoms with E-state index in [-0.39, 0.29) is 23.6 Å². The zero-order valence-electron chi connectivity index (χ0n) is 19.4. The van der Waals surface area contributed by atoms with Gasteiger partial charge in [-0.1, -0.05) is 66.7 Å². The summed E-state index contributed by atoms with van der Waals surface area (Å²) in [7, 11) is -4.34. The average Bonchev–Trinajstić information content (AvgIpc) is 2.84. The quantitative estimate of drug-likeness (QED) is 0.387. The molecule has 0 spiro atoms. The highest BCUT2D eigenvalue weighted by molar-refractivity contribution is 7.86. The molecular weight excluding hydrogens is 470 g/mol. The van der Waals surface area contributed by atoms with Gasteiger partial charge >= 0.3 is 12.1 Å². The minimum absolute atomic E-state index is 0.0566. The van der Waals surface area contributed by atoms with E-state index in [4.69, 9.17) is 8.92 Å². The first-order valence-corrected chi connectivity index (χ1v) is 12.3. The molecule has 2 atom stereocenters. The number of carboxylic acids is 1. The van der Waals surface area contributed by atoms with Crippen molar-refractivity contribution in [2.75, 3.05) is 5.32 Å². The Kier molecular flexibility index (Phi) is 8.62. The summed E-state index contributed by atoms with van der Waals surface area (Å²) in [5.74, 6) is -2.26. The number of hydrogen-bond acceptors (Lipinski definition) is 6. The van der Waals surface area contributed by atoms with Gasteiger partial charge in [0.2, 0.25) is 0 Å². The van der Waals surface area contributed by atoms with Gasteiger partial charge in [0.05, 0.1) is 16.9 Å². The highest BCUT2D eigenvalue weighted by Gasteiger charge is 2.31. The molecule has 0 aliphatic rings. The van der Waals surface area contributed by atoms with E-state index in [1.807, 2.05) is 36.4 Å². The Morgan fingerprint density at radius 3 is 2.14 bits per heavy atom. The second kappa shape index (κ2) is 11.6. The number of aryl methyl sites for hydroxylation is 1. The Morgan fingerprint density at radius 2 is 1.54 bits per heavy atom. The van der Waals surface area contributed by atoms with Crippen molar-refractivity contribution in [1.82, 2.24) is 0 Å². The molecular formula is C26H27NO7S. The van der Waals surface area contributed by atoms with Gasteiger partial charge in [0.15, 0.2) is 0 Å². The lowest BCUT2D eigenvalue weighted by molar-refractivity contribution is -0.144. The molecule has 8 nitrogen and oxygen atoms in total. The third-order valence-electron chi connectivity index (χ3n) is 5.42. The van der Waals surface area contributed by atoms with Crippen molar-refractivity contribution >= 4 is 27.9 Å². The topological polar surface area (TPSA) is 119 Å². The van der Waals surface area contributed by atoms with Crippen LogP contribution >= 0.6 is 0 Å². The number of benzene rings is 3. The van der Waals surface area contributed by atoms with E-state index < -0.39 is 34.2 Å². The van der Waals surface area contributed by atoms with E-state index in [9.17, 15) is 23.1 Å². The predicted molar refractivity (Wildman–Crippen MR) is 130 cm³/mol. The number of anilines is 1. The maximum absolute atomic E-state index is 13.1. The highest BCUT2D eigenvalue weighted by Crippen LogP contribution is 2.25. The second-order valence-corrected chi connectivity index (χ2v) is 9.64. The van der Waals surface area contributed by atoms with Crippen molar-refractivity contribution in [3.8, 4) is 0 Å². The van der Waals surface area contributed by atoms with E-state index in [2.05, 4.69) is 5.32 Å². The van der Waals surface area contributed by atoms with Crippen LogP contribution < -0.4 is 5.32 Å². The van der Waals surface area contributed by atoms with Crippen molar-refractivity contribution < 1.29 is 32.0 Å². The minimum atomic E-state index is -4.34. The SMILES string of the molecule is Cc1ccc(S(=O)(=O)O[C@@H](Cc2ccccc2)[C@@H](C)C(=O)O)cc1NC(=O)OCc1ccccc1. The summed E-state index contributed by atoms with van der Waals surface area (Å²) >= 11 is 0. The standard InChI is InChI=1S/C26H27NO7S/c1-18-13-14-22(16-23(18)27-26(30)33-17-21-11-7-4-8-12-21)35(31,32)34-24(19(2)25(28)29)15-20-9-5-3-6-10-20/h3-14,16,19,24H,15,17H2,1-2H3,(H,27,30)(H,28,29)/t19-,24+/m1/s1. The minimum Gasteiger partial charge on any atom is -0.481 e. The number of carboxylic acid groups (broad SMARTS) is 1. The van der Waals surface area contributed by atoms with Crippen molar-refractivity contribution in [2.24, 2.45) is 5.92 Å². The number of rotatable bonds is 10. The van der Waals surface area contributed by atoms with Crippen LogP contribution in [0.1, 0.15) is 23.6 Å². The molecule has 3 rings (SSSR count). The summed E-state index contributed by atoms with van der Waals surface area (Å²) in [4.78, 5) is 23.7. The molecule has 1 amide bonds. The van der Waals surface area contributed by atoms with Gasteiger partial charge in [-0.3, -0.25) is 14.3 Å². The molecule has 0 aliphatic heterocycles. The fraction of sp³-hybridized carbons (Fsp3) is 0.231. The molecule has 0 aromatic heterocycles. The lowest BCUT2D eigenvalue weighted by Gasteiger charge is -2.21. The van der Waals surface area contributed by atoms with Gasteiger partial charge in [-0.2, -0.15) is 8.42 Å². The van der Waals surface area contributed by atoms with E-state index in [1.165, 1.54) is 25.1 Å². The average molecular weight is 498 g/mol. The summed E-state index contributed by atoms with van der Waals surface area (Å²) in [6.07, 6.45) is -1.78. The van der Waals surface area contributed by atoms with E-state index in [0.717, 1.165) is 11.1 Å². The van der Waals surface area contributed by atoms with Gasteiger partial charge in [-0.25, -0.2) is 4.79 Å². The van der Waals surface area contributed by atoms with Crippen LogP contribution in [0.25, 0.3) is 0 Å². The predicted octanol–water partition coefficient (Wildman–Crippen LogP) is 4.78. The summed E-state index contributed by atoms with van der Waals surface area (Å²) in [5, 5.41) is 12.0. The fourth-order valence-electron chi connectivity index (χ4n) is 3.28. The van der Waals surface area contributed by atoms with Crippen LogP contribution in [0.4, 0.5) is 10.5 Å². The van der Waals surface area contributed by atoms with Crippen LogP contribution in [-0.2, 0) is 36.9 Å². The van der Waals surface area contributed by atoms with Gasteiger partial charge in [0, 0.05) is 12.1 Å². The number of amides is 1. The monoisotopic (exact) mass is 497 g/mol. The number of nitrogens with one attached hydrogen (secondary N) is 1. The van der Waals surface area contributed by atoms with Crippen molar-refractivity contribution in [2.45, 2.75) is 37.9 Å². The van der Waals surface area contributed by atoms with Crippen LogP contribution in [-0.4, -0.2) is 31.7 Å². The zero-order valence-corrected chi connectivity index (χ0v) is 20.2. The number of ether oxygens (including phenoxy) is 1. The van der Waals surface area contributed by atoms with Gasteiger partial charge < -0.3 is 9.84 Å². The first-order valence-electron chi connectivity index (χ1n) is 10.9. The molecule has 0 heterocycles. The molecule has 184 valence electrons. The molecule has 9 heteroatoms. The summed E-state index contributed by atoms with van der Waals surface area (Å²) in [6, 6.07) is 22.2. The molecule has 0 bridgehead atoms. The number of carbonyl (C=O) groups is 2. The number of hydrogen-bond donors (Lipinski definition) is 2. The summed E-state index contributed by atoms with van der Waals surface area (Å²) in [6.45, 7) is 3.16. The van der Waals surface area contributed by atoms with E-state index in [1.54, 1.807) is 31.2 Å². The second-order valence-electron chi connectivity index (χ2n) is 8.07. The van der Waals surface area contributed by atoms with Crippen molar-refractivity contribution in [1.29, 1.82) is 0 Å². The molecule has 0 unspecified atom stereocenters. The van der Waals surface area contributed by atoms with Gasteiger partial charge in [-0.15, -0.1) is 0 Å². The maximum Gasteiger partial charge on any atom is 0.411 e. The Labute approximate surface area is 204 Å². The van der Waals surface area contributed by atoms with Crippen LogP contribution in [0.3, 0.4) is 0 Å². The zero-order chi connectivity index (χ0) is 25.4. The van der Waals surface area contributed by atoms with Gasteiger partial charge in [-0.05, 0) is 42.7 Å². The highest BCUT2D eigenvalue weighted by atomic mass is 32.2. The maximum atomic E-state index is 13.1. The molecule has 3 aromatic rings. The third kappa shape index (κ3) is 7.40. The summed E-state index contributed by atoms with van der Waals surface area (Å²) in [5.41, 5.74) is 2.40. The smallest absolute Gasteiger partial charge is 0.411 e. The Balaban J connectivity index is 1.76. The first-order chi connectivity index (χ1) is 16.7. The largest absolute Gasteiger partial charge is 0.481 e. The lowest BCUT2D eigenvalue weighted by Crippen LogP contribution is -2.32. The lowest BCUT2D eigenvalue weighted by atomic mass is 9.98. The number of aliphatic carboxylic acids is 1.